The van der Waals surface area contributed by atoms with Crippen molar-refractivity contribution in [3.63, 3.8) is 0 Å². The van der Waals surface area contributed by atoms with E-state index in [9.17, 15) is 18.3 Å². The Morgan fingerprint density at radius 1 is 1.41 bits per heavy atom. The van der Waals surface area contributed by atoms with Crippen molar-refractivity contribution in [2.75, 3.05) is 11.5 Å². The molecule has 0 bridgehead atoms. The minimum absolute atomic E-state index is 0.0838. The molecule has 0 radical (unpaired) electrons. The lowest BCUT2D eigenvalue weighted by molar-refractivity contribution is -0.121. The van der Waals surface area contributed by atoms with Gasteiger partial charge in [0.1, 0.15) is 5.75 Å². The number of carbonyl (C=O) groups is 1. The molecule has 22 heavy (non-hydrogen) atoms. The van der Waals surface area contributed by atoms with Crippen molar-refractivity contribution in [2.24, 2.45) is 11.0 Å². The number of hydrogen-bond donors (Lipinski definition) is 2. The molecule has 1 aliphatic rings. The Bertz CT molecular complexity index is 687. The summed E-state index contributed by atoms with van der Waals surface area (Å²) in [4.78, 5) is 11.7. The summed E-state index contributed by atoms with van der Waals surface area (Å²) in [7, 11) is -2.96. The van der Waals surface area contributed by atoms with Crippen LogP contribution in [0.5, 0.6) is 5.75 Å². The Morgan fingerprint density at radius 3 is 2.59 bits per heavy atom. The molecule has 120 valence electrons. The van der Waals surface area contributed by atoms with Crippen LogP contribution in [0.1, 0.15) is 29.5 Å². The number of aromatic hydroxyl groups is 1. The van der Waals surface area contributed by atoms with E-state index >= 15 is 0 Å². The summed E-state index contributed by atoms with van der Waals surface area (Å²) in [6.07, 6.45) is 2.21. The molecule has 2 rings (SSSR count). The number of rotatable bonds is 4. The maximum atomic E-state index is 11.7. The minimum atomic E-state index is -2.96. The monoisotopic (exact) mass is 324 g/mol. The van der Waals surface area contributed by atoms with Crippen LogP contribution in [0.25, 0.3) is 0 Å². The summed E-state index contributed by atoms with van der Waals surface area (Å²) in [6, 6.07) is 3.53. The van der Waals surface area contributed by atoms with Gasteiger partial charge in [-0.1, -0.05) is 0 Å². The molecule has 0 unspecified atom stereocenters. The summed E-state index contributed by atoms with van der Waals surface area (Å²) >= 11 is 0. The van der Waals surface area contributed by atoms with Gasteiger partial charge in [0.25, 0.3) is 0 Å². The van der Waals surface area contributed by atoms with Crippen molar-refractivity contribution >= 4 is 22.0 Å². The van der Waals surface area contributed by atoms with Crippen molar-refractivity contribution in [1.82, 2.24) is 5.43 Å². The van der Waals surface area contributed by atoms with Gasteiger partial charge in [0.15, 0.2) is 9.84 Å². The van der Waals surface area contributed by atoms with E-state index < -0.39 is 9.84 Å². The first-order valence-corrected chi connectivity index (χ1v) is 8.91. The van der Waals surface area contributed by atoms with Crippen LogP contribution >= 0.6 is 0 Å². The average molecular weight is 324 g/mol. The second-order valence-electron chi connectivity index (χ2n) is 5.77. The molecular formula is C15H20N2O4S. The Labute approximate surface area is 130 Å². The highest BCUT2D eigenvalue weighted by atomic mass is 32.2. The Morgan fingerprint density at radius 2 is 2.05 bits per heavy atom. The number of phenols is 1. The second kappa shape index (κ2) is 6.48. The van der Waals surface area contributed by atoms with Crippen LogP contribution in [0.4, 0.5) is 0 Å². The molecule has 1 aromatic carbocycles. The molecule has 1 saturated heterocycles. The van der Waals surface area contributed by atoms with E-state index in [0.717, 1.165) is 16.7 Å². The van der Waals surface area contributed by atoms with E-state index in [0.29, 0.717) is 6.42 Å². The van der Waals surface area contributed by atoms with Gasteiger partial charge < -0.3 is 5.11 Å². The average Bonchev–Trinajstić information content (AvgIpc) is 2.75. The molecule has 0 aliphatic carbocycles. The first-order chi connectivity index (χ1) is 10.3. The molecule has 0 spiro atoms. The number of hydrogen-bond acceptors (Lipinski definition) is 5. The van der Waals surface area contributed by atoms with Gasteiger partial charge in [-0.2, -0.15) is 5.10 Å². The lowest BCUT2D eigenvalue weighted by Gasteiger charge is -2.06. The zero-order valence-electron chi connectivity index (χ0n) is 12.7. The quantitative estimate of drug-likeness (QED) is 0.644. The SMILES string of the molecule is Cc1cc(/C=N/NC(=O)C[C@H]2CCS(=O)(=O)C2)cc(C)c1O. The number of aryl methyl sites for hydroxylation is 2. The van der Waals surface area contributed by atoms with Gasteiger partial charge in [0.05, 0.1) is 17.7 Å². The lowest BCUT2D eigenvalue weighted by Crippen LogP contribution is -2.21. The van der Waals surface area contributed by atoms with Crippen molar-refractivity contribution in [1.29, 1.82) is 0 Å². The Hall–Kier alpha value is -1.89. The molecule has 0 aromatic heterocycles. The molecule has 1 aliphatic heterocycles. The standard InChI is InChI=1S/C15H20N2O4S/c1-10-5-13(6-11(2)15(10)19)8-16-17-14(18)7-12-3-4-22(20,21)9-12/h5-6,8,12,19H,3-4,7,9H2,1-2H3,(H,17,18)/b16-8+/t12-/m1/s1. The van der Waals surface area contributed by atoms with Crippen molar-refractivity contribution in [3.8, 4) is 5.75 Å². The number of carbonyl (C=O) groups excluding carboxylic acids is 1. The molecule has 1 fully saturated rings. The highest BCUT2D eigenvalue weighted by Gasteiger charge is 2.29. The van der Waals surface area contributed by atoms with Crippen molar-refractivity contribution in [3.05, 3.63) is 28.8 Å². The normalized spacial score (nSPS) is 20.4. The van der Waals surface area contributed by atoms with Gasteiger partial charge in [-0.15, -0.1) is 0 Å². The van der Waals surface area contributed by atoms with Crippen molar-refractivity contribution < 1.29 is 18.3 Å². The second-order valence-corrected chi connectivity index (χ2v) is 8.00. The largest absolute Gasteiger partial charge is 0.507 e. The van der Waals surface area contributed by atoms with Gasteiger partial charge in [-0.3, -0.25) is 4.79 Å². The molecule has 1 atom stereocenters. The van der Waals surface area contributed by atoms with E-state index in [2.05, 4.69) is 10.5 Å². The van der Waals surface area contributed by atoms with Gasteiger partial charge in [-0.05, 0) is 55.0 Å². The number of benzene rings is 1. The number of sulfone groups is 1. The van der Waals surface area contributed by atoms with Gasteiger partial charge in [-0.25, -0.2) is 13.8 Å². The number of nitrogens with one attached hydrogen (secondary N) is 1. The lowest BCUT2D eigenvalue weighted by atomic mass is 10.1. The molecule has 2 N–H and O–H groups in total. The third-order valence-corrected chi connectivity index (χ3v) is 5.55. The van der Waals surface area contributed by atoms with Gasteiger partial charge in [0.2, 0.25) is 5.91 Å². The van der Waals surface area contributed by atoms with Crippen LogP contribution in [-0.4, -0.2) is 37.2 Å². The number of phenolic OH excluding ortho intramolecular Hbond substituents is 1. The molecule has 6 nitrogen and oxygen atoms in total. The Kier molecular flexibility index (Phi) is 4.85. The minimum Gasteiger partial charge on any atom is -0.507 e. The van der Waals surface area contributed by atoms with E-state index in [1.807, 2.05) is 0 Å². The van der Waals surface area contributed by atoms with Gasteiger partial charge in [0, 0.05) is 6.42 Å². The van der Waals surface area contributed by atoms with Crippen molar-refractivity contribution in [2.45, 2.75) is 26.7 Å². The number of nitrogens with zero attached hydrogens (tertiary/aromatic N) is 1. The third kappa shape index (κ3) is 4.30. The maximum absolute atomic E-state index is 11.7. The predicted octanol–water partition coefficient (Wildman–Crippen LogP) is 1.28. The van der Waals surface area contributed by atoms with Crippen LogP contribution in [0.3, 0.4) is 0 Å². The molecule has 1 amide bonds. The molecule has 1 aromatic rings. The molecule has 1 heterocycles. The van der Waals surface area contributed by atoms with E-state index in [1.54, 1.807) is 26.0 Å². The van der Waals surface area contributed by atoms with Crippen LogP contribution in [0, 0.1) is 19.8 Å². The summed E-state index contributed by atoms with van der Waals surface area (Å²) < 4.78 is 22.7. The highest BCUT2D eigenvalue weighted by molar-refractivity contribution is 7.91. The fraction of sp³-hybridized carbons (Fsp3) is 0.467. The fourth-order valence-electron chi connectivity index (χ4n) is 2.58. The first-order valence-electron chi connectivity index (χ1n) is 7.09. The topological polar surface area (TPSA) is 95.8 Å². The predicted molar refractivity (Wildman–Crippen MR) is 84.7 cm³/mol. The van der Waals surface area contributed by atoms with E-state index in [1.165, 1.54) is 6.21 Å². The Balaban J connectivity index is 1.88. The number of amides is 1. The maximum Gasteiger partial charge on any atom is 0.240 e. The summed E-state index contributed by atoms with van der Waals surface area (Å²) in [5, 5.41) is 13.6. The summed E-state index contributed by atoms with van der Waals surface area (Å²) in [5.74, 6) is 0.105. The van der Waals surface area contributed by atoms with Crippen LogP contribution < -0.4 is 5.43 Å². The van der Waals surface area contributed by atoms with Crippen LogP contribution in [-0.2, 0) is 14.6 Å². The molecular weight excluding hydrogens is 304 g/mol. The van der Waals surface area contributed by atoms with Gasteiger partial charge >= 0.3 is 0 Å². The van der Waals surface area contributed by atoms with Crippen LogP contribution in [0.15, 0.2) is 17.2 Å². The smallest absolute Gasteiger partial charge is 0.240 e. The number of hydrazone groups is 1. The van der Waals surface area contributed by atoms with E-state index in [4.69, 9.17) is 0 Å². The van der Waals surface area contributed by atoms with E-state index in [-0.39, 0.29) is 35.5 Å². The summed E-state index contributed by atoms with van der Waals surface area (Å²) in [5.41, 5.74) is 4.67. The van der Waals surface area contributed by atoms with Crippen LogP contribution in [0.2, 0.25) is 0 Å². The third-order valence-electron chi connectivity index (χ3n) is 3.72. The fourth-order valence-corrected chi connectivity index (χ4v) is 4.45. The zero-order valence-corrected chi connectivity index (χ0v) is 13.5. The molecule has 0 saturated carbocycles. The highest BCUT2D eigenvalue weighted by Crippen LogP contribution is 2.22. The zero-order chi connectivity index (χ0) is 16.3. The first kappa shape index (κ1) is 16.5. The summed E-state index contributed by atoms with van der Waals surface area (Å²) in [6.45, 7) is 3.58. The molecule has 7 heteroatoms.